The van der Waals surface area contributed by atoms with Crippen molar-refractivity contribution in [1.82, 2.24) is 10.2 Å². The lowest BCUT2D eigenvalue weighted by Gasteiger charge is -2.35. The van der Waals surface area contributed by atoms with Crippen LogP contribution in [0.5, 0.6) is 0 Å². The number of nitrogens with zero attached hydrogens (tertiary/aromatic N) is 1. The third kappa shape index (κ3) is 20.3. The molecule has 0 aliphatic carbocycles. The molecule has 2 rings (SSSR count). The van der Waals surface area contributed by atoms with Crippen molar-refractivity contribution in [1.29, 1.82) is 0 Å². The number of rotatable bonds is 24. The van der Waals surface area contributed by atoms with E-state index in [9.17, 15) is 18.0 Å². The van der Waals surface area contributed by atoms with Crippen LogP contribution in [-0.2, 0) is 19.7 Å². The minimum absolute atomic E-state index is 0.0666. The van der Waals surface area contributed by atoms with Crippen molar-refractivity contribution in [3.63, 3.8) is 0 Å². The SMILES string of the molecule is CCCCCCCCCCCCCCCCCCCC(=O)NCC(C)C(C)(N)CN1CCCC1=O.Cc1ccc(S(=O)(=O)O)cc1. The van der Waals surface area contributed by atoms with Crippen LogP contribution in [0.4, 0.5) is 0 Å². The number of likely N-dealkylation sites (tertiary alicyclic amines) is 1. The monoisotopic (exact) mass is 665 g/mol. The maximum absolute atomic E-state index is 12.2. The van der Waals surface area contributed by atoms with Crippen LogP contribution in [0.1, 0.15) is 155 Å². The van der Waals surface area contributed by atoms with Gasteiger partial charge in [-0.25, -0.2) is 0 Å². The molecule has 4 N–H and O–H groups in total. The molecule has 1 heterocycles. The average molecular weight is 666 g/mol. The Labute approximate surface area is 281 Å². The van der Waals surface area contributed by atoms with Gasteiger partial charge in [0.2, 0.25) is 11.8 Å². The second kappa shape index (κ2) is 24.2. The predicted octanol–water partition coefficient (Wildman–Crippen LogP) is 8.36. The molecule has 1 aliphatic heterocycles. The van der Waals surface area contributed by atoms with Gasteiger partial charge in [0, 0.05) is 38.0 Å². The van der Waals surface area contributed by atoms with Crippen LogP contribution in [-0.4, -0.2) is 54.9 Å². The number of carbonyl (C=O) groups excluding carboxylic acids is 2. The number of benzene rings is 1. The van der Waals surface area contributed by atoms with Crippen molar-refractivity contribution in [3.8, 4) is 0 Å². The third-order valence-electron chi connectivity index (χ3n) is 9.26. The molecule has 0 spiro atoms. The van der Waals surface area contributed by atoms with Crippen molar-refractivity contribution in [2.24, 2.45) is 11.7 Å². The summed E-state index contributed by atoms with van der Waals surface area (Å²) in [5.41, 5.74) is 6.96. The molecule has 2 amide bonds. The van der Waals surface area contributed by atoms with Gasteiger partial charge >= 0.3 is 0 Å². The Morgan fingerprint density at radius 3 is 1.76 bits per heavy atom. The highest BCUT2D eigenvalue weighted by Gasteiger charge is 2.32. The van der Waals surface area contributed by atoms with E-state index in [-0.39, 0.29) is 22.6 Å². The minimum atomic E-state index is -4.02. The first-order valence-corrected chi connectivity index (χ1v) is 19.7. The minimum Gasteiger partial charge on any atom is -0.356 e. The smallest absolute Gasteiger partial charge is 0.294 e. The van der Waals surface area contributed by atoms with E-state index in [1.165, 1.54) is 108 Å². The molecule has 0 bridgehead atoms. The largest absolute Gasteiger partial charge is 0.356 e. The molecule has 1 aromatic rings. The molecule has 2 atom stereocenters. The average Bonchev–Trinajstić information content (AvgIpc) is 3.40. The van der Waals surface area contributed by atoms with Gasteiger partial charge in [-0.05, 0) is 44.7 Å². The maximum Gasteiger partial charge on any atom is 0.294 e. The van der Waals surface area contributed by atoms with Gasteiger partial charge in [0.05, 0.1) is 4.90 Å². The predicted molar refractivity (Wildman–Crippen MR) is 190 cm³/mol. The zero-order chi connectivity index (χ0) is 34.3. The summed E-state index contributed by atoms with van der Waals surface area (Å²) >= 11 is 0. The van der Waals surface area contributed by atoms with Crippen molar-refractivity contribution in [2.45, 2.75) is 167 Å². The Balaban J connectivity index is 0.000000804. The molecule has 46 heavy (non-hydrogen) atoms. The van der Waals surface area contributed by atoms with E-state index in [2.05, 4.69) is 19.2 Å². The van der Waals surface area contributed by atoms with Gasteiger partial charge in [-0.15, -0.1) is 0 Å². The fraction of sp³-hybridized carbons (Fsp3) is 0.784. The fourth-order valence-corrected chi connectivity index (χ4v) is 6.23. The molecule has 0 aromatic heterocycles. The van der Waals surface area contributed by atoms with Crippen LogP contribution in [0.2, 0.25) is 0 Å². The number of nitrogens with two attached hydrogens (primary N) is 1. The Morgan fingerprint density at radius 2 is 1.35 bits per heavy atom. The Morgan fingerprint density at radius 1 is 0.891 bits per heavy atom. The van der Waals surface area contributed by atoms with Crippen molar-refractivity contribution in [2.75, 3.05) is 19.6 Å². The van der Waals surface area contributed by atoms with Gasteiger partial charge in [0.25, 0.3) is 10.1 Å². The zero-order valence-electron chi connectivity index (χ0n) is 29.7. The van der Waals surface area contributed by atoms with Crippen molar-refractivity contribution >= 4 is 21.9 Å². The fourth-order valence-electron chi connectivity index (χ4n) is 5.75. The lowest BCUT2D eigenvalue weighted by atomic mass is 9.87. The molecule has 2 unspecified atom stereocenters. The molecule has 1 saturated heterocycles. The van der Waals surface area contributed by atoms with Crippen LogP contribution in [0, 0.1) is 12.8 Å². The van der Waals surface area contributed by atoms with Gasteiger partial charge in [-0.1, -0.05) is 134 Å². The molecule has 8 nitrogen and oxygen atoms in total. The number of carbonyl (C=O) groups is 2. The molecule has 1 aliphatic rings. The zero-order valence-corrected chi connectivity index (χ0v) is 30.5. The molecular weight excluding hydrogens is 598 g/mol. The number of unbranched alkanes of at least 4 members (excludes halogenated alkanes) is 16. The van der Waals surface area contributed by atoms with E-state index >= 15 is 0 Å². The van der Waals surface area contributed by atoms with Crippen LogP contribution in [0.3, 0.4) is 0 Å². The molecule has 9 heteroatoms. The van der Waals surface area contributed by atoms with Gasteiger partial charge in [0.1, 0.15) is 0 Å². The Hall–Kier alpha value is -1.97. The number of hydrogen-bond acceptors (Lipinski definition) is 5. The summed E-state index contributed by atoms with van der Waals surface area (Å²) in [6, 6.07) is 5.99. The van der Waals surface area contributed by atoms with Crippen molar-refractivity contribution < 1.29 is 22.6 Å². The highest BCUT2D eigenvalue weighted by Crippen LogP contribution is 2.20. The molecule has 0 radical (unpaired) electrons. The summed E-state index contributed by atoms with van der Waals surface area (Å²) in [6.45, 7) is 10.1. The summed E-state index contributed by atoms with van der Waals surface area (Å²) in [4.78, 5) is 25.9. The lowest BCUT2D eigenvalue weighted by molar-refractivity contribution is -0.128. The van der Waals surface area contributed by atoms with Crippen LogP contribution >= 0.6 is 0 Å². The summed E-state index contributed by atoms with van der Waals surface area (Å²) in [7, 11) is -4.02. The highest BCUT2D eigenvalue weighted by atomic mass is 32.2. The Kier molecular flexibility index (Phi) is 22.1. The first kappa shape index (κ1) is 42.1. The number of amides is 2. The molecule has 1 aromatic carbocycles. The van der Waals surface area contributed by atoms with Crippen molar-refractivity contribution in [3.05, 3.63) is 29.8 Å². The second-order valence-electron chi connectivity index (χ2n) is 13.8. The summed E-state index contributed by atoms with van der Waals surface area (Å²) < 4.78 is 29.6. The van der Waals surface area contributed by atoms with E-state index in [1.807, 2.05) is 18.7 Å². The van der Waals surface area contributed by atoms with Crippen LogP contribution in [0.15, 0.2) is 29.2 Å². The van der Waals surface area contributed by atoms with Gasteiger partial charge in [0.15, 0.2) is 0 Å². The standard InChI is InChI=1S/C30H59N3O2.C7H8O3S/c1-4-5-6-7-8-9-10-11-12-13-14-15-16-17-18-19-20-22-28(34)32-25-27(2)30(3,31)26-33-24-21-23-29(33)35;1-6-2-4-7(5-3-6)11(8,9)10/h27H,4-26,31H2,1-3H3,(H,32,34);2-5H,1H3,(H,8,9,10). The van der Waals surface area contributed by atoms with E-state index in [1.54, 1.807) is 12.1 Å². The lowest BCUT2D eigenvalue weighted by Crippen LogP contribution is -2.55. The van der Waals surface area contributed by atoms with E-state index < -0.39 is 15.7 Å². The molecule has 1 fully saturated rings. The topological polar surface area (TPSA) is 130 Å². The summed E-state index contributed by atoms with van der Waals surface area (Å²) in [5, 5.41) is 3.06. The highest BCUT2D eigenvalue weighted by molar-refractivity contribution is 7.85. The molecule has 266 valence electrons. The number of hydrogen-bond donors (Lipinski definition) is 3. The quantitative estimate of drug-likeness (QED) is 0.0752. The maximum atomic E-state index is 12.2. The number of aryl methyl sites for hydroxylation is 1. The van der Waals surface area contributed by atoms with Gasteiger partial charge < -0.3 is 16.0 Å². The summed E-state index contributed by atoms with van der Waals surface area (Å²) in [6.07, 6.45) is 25.1. The molecule has 0 saturated carbocycles. The molecular formula is C37H67N3O5S. The van der Waals surface area contributed by atoms with Crippen LogP contribution in [0.25, 0.3) is 0 Å². The summed E-state index contributed by atoms with van der Waals surface area (Å²) in [5.74, 6) is 0.456. The van der Waals surface area contributed by atoms with Gasteiger partial charge in [-0.2, -0.15) is 8.42 Å². The third-order valence-corrected chi connectivity index (χ3v) is 10.1. The number of nitrogens with one attached hydrogen (secondary N) is 1. The first-order valence-electron chi connectivity index (χ1n) is 18.2. The van der Waals surface area contributed by atoms with E-state index in [0.29, 0.717) is 25.9 Å². The first-order chi connectivity index (χ1) is 21.9. The van der Waals surface area contributed by atoms with Gasteiger partial charge in [-0.3, -0.25) is 14.1 Å². The Bertz CT molecular complexity index is 1060. The normalized spacial score (nSPS) is 15.3. The second-order valence-corrected chi connectivity index (χ2v) is 15.2. The van der Waals surface area contributed by atoms with E-state index in [0.717, 1.165) is 31.4 Å². The van der Waals surface area contributed by atoms with Crippen LogP contribution < -0.4 is 11.1 Å². The van der Waals surface area contributed by atoms with E-state index in [4.69, 9.17) is 10.3 Å².